The van der Waals surface area contributed by atoms with Crippen LogP contribution in [0.5, 0.6) is 5.75 Å². The molecule has 0 unspecified atom stereocenters. The van der Waals surface area contributed by atoms with Gasteiger partial charge in [0.1, 0.15) is 5.75 Å². The van der Waals surface area contributed by atoms with Crippen LogP contribution in [0.1, 0.15) is 5.56 Å². The van der Waals surface area contributed by atoms with Gasteiger partial charge in [0.05, 0.1) is 12.0 Å². The third-order valence-electron chi connectivity index (χ3n) is 4.58. The average molecular weight is 440 g/mol. The van der Waals surface area contributed by atoms with Gasteiger partial charge in [0.2, 0.25) is 10.0 Å². The van der Waals surface area contributed by atoms with E-state index in [-0.39, 0.29) is 24.0 Å². The van der Waals surface area contributed by atoms with Crippen LogP contribution in [0.3, 0.4) is 0 Å². The number of sulfonamides is 1. The summed E-state index contributed by atoms with van der Waals surface area (Å²) in [5.74, 6) is 0.571. The van der Waals surface area contributed by atoms with Gasteiger partial charge in [-0.05, 0) is 61.0 Å². The van der Waals surface area contributed by atoms with Crippen molar-refractivity contribution in [3.63, 3.8) is 0 Å². The Kier molecular flexibility index (Phi) is 7.28. The smallest absolute Gasteiger partial charge is 0.326 e. The Morgan fingerprint density at radius 1 is 0.968 bits per heavy atom. The number of aryl methyl sites for hydroxylation is 1. The van der Waals surface area contributed by atoms with E-state index in [2.05, 4.69) is 10.0 Å². The van der Waals surface area contributed by atoms with Gasteiger partial charge in [-0.25, -0.2) is 17.9 Å². The fourth-order valence-corrected chi connectivity index (χ4v) is 4.02. The van der Waals surface area contributed by atoms with E-state index in [9.17, 15) is 13.2 Å². The summed E-state index contributed by atoms with van der Waals surface area (Å²) in [4.78, 5) is 14.6. The third-order valence-corrected chi connectivity index (χ3v) is 6.06. The second kappa shape index (κ2) is 10.1. The molecular weight excluding hydrogens is 414 g/mol. The average Bonchev–Trinajstić information content (AvgIpc) is 2.77. The van der Waals surface area contributed by atoms with Gasteiger partial charge in [0, 0.05) is 24.5 Å². The fraction of sp³-hybridized carbons (Fsp3) is 0.174. The second-order valence-corrected chi connectivity index (χ2v) is 8.63. The molecule has 3 aromatic carbocycles. The van der Waals surface area contributed by atoms with E-state index >= 15 is 0 Å². The van der Waals surface area contributed by atoms with Crippen molar-refractivity contribution in [2.24, 2.45) is 0 Å². The number of urea groups is 1. The maximum atomic E-state index is 12.9. The summed E-state index contributed by atoms with van der Waals surface area (Å²) in [6, 6.07) is 22.3. The Balaban J connectivity index is 1.71. The minimum atomic E-state index is -3.72. The van der Waals surface area contributed by atoms with E-state index in [4.69, 9.17) is 4.74 Å². The Morgan fingerprint density at radius 3 is 2.32 bits per heavy atom. The first kappa shape index (κ1) is 22.3. The maximum absolute atomic E-state index is 12.9. The molecule has 162 valence electrons. The highest BCUT2D eigenvalue weighted by Gasteiger charge is 2.18. The van der Waals surface area contributed by atoms with Crippen LogP contribution in [-0.2, 0) is 10.0 Å². The zero-order chi connectivity index (χ0) is 22.3. The highest BCUT2D eigenvalue weighted by molar-refractivity contribution is 7.89. The molecule has 0 bridgehead atoms. The molecule has 0 aliphatic carbocycles. The number of para-hydroxylation sites is 1. The largest absolute Gasteiger partial charge is 0.497 e. The van der Waals surface area contributed by atoms with Crippen molar-refractivity contribution in [1.29, 1.82) is 0 Å². The van der Waals surface area contributed by atoms with Crippen LogP contribution in [-0.4, -0.2) is 34.6 Å². The van der Waals surface area contributed by atoms with Gasteiger partial charge in [0.15, 0.2) is 0 Å². The van der Waals surface area contributed by atoms with E-state index in [1.165, 1.54) is 24.1 Å². The first-order valence-corrected chi connectivity index (χ1v) is 11.2. The molecule has 7 nitrogen and oxygen atoms in total. The molecule has 0 radical (unpaired) electrons. The lowest BCUT2D eigenvalue weighted by atomic mass is 10.2. The monoisotopic (exact) mass is 439 g/mol. The van der Waals surface area contributed by atoms with Crippen LogP contribution in [0.15, 0.2) is 83.8 Å². The van der Waals surface area contributed by atoms with E-state index in [1.54, 1.807) is 30.3 Å². The number of nitrogens with one attached hydrogen (secondary N) is 2. The molecular formula is C23H25N3O4S. The molecule has 8 heteroatoms. The number of carbonyl (C=O) groups excluding carboxylic acids is 1. The van der Waals surface area contributed by atoms with Crippen molar-refractivity contribution in [2.75, 3.05) is 30.4 Å². The molecule has 3 aromatic rings. The van der Waals surface area contributed by atoms with Crippen molar-refractivity contribution in [1.82, 2.24) is 4.72 Å². The molecule has 31 heavy (non-hydrogen) atoms. The molecule has 0 spiro atoms. The third kappa shape index (κ3) is 6.07. The normalized spacial score (nSPS) is 11.0. The number of methoxy groups -OCH3 is 1. The van der Waals surface area contributed by atoms with E-state index in [1.807, 2.05) is 43.3 Å². The van der Waals surface area contributed by atoms with E-state index in [0.29, 0.717) is 17.1 Å². The molecule has 0 atom stereocenters. The molecule has 0 aromatic heterocycles. The molecule has 2 N–H and O–H groups in total. The number of benzene rings is 3. The Bertz CT molecular complexity index is 1120. The number of nitrogens with zero attached hydrogens (tertiary/aromatic N) is 1. The van der Waals surface area contributed by atoms with Crippen molar-refractivity contribution >= 4 is 27.4 Å². The zero-order valence-electron chi connectivity index (χ0n) is 17.4. The summed E-state index contributed by atoms with van der Waals surface area (Å²) >= 11 is 0. The Morgan fingerprint density at radius 2 is 1.68 bits per heavy atom. The van der Waals surface area contributed by atoms with Gasteiger partial charge < -0.3 is 10.1 Å². The number of hydrogen-bond donors (Lipinski definition) is 2. The second-order valence-electron chi connectivity index (χ2n) is 6.86. The van der Waals surface area contributed by atoms with Crippen molar-refractivity contribution in [3.8, 4) is 5.75 Å². The number of ether oxygens (including phenoxy) is 1. The van der Waals surface area contributed by atoms with Crippen molar-refractivity contribution < 1.29 is 17.9 Å². The van der Waals surface area contributed by atoms with Crippen LogP contribution in [0, 0.1) is 6.92 Å². The SMILES string of the molecule is COc1ccc(S(=O)(=O)NCCN(C(=O)Nc2cccc(C)c2)c2ccccc2)cc1. The maximum Gasteiger partial charge on any atom is 0.326 e. The molecule has 0 heterocycles. The van der Waals surface area contributed by atoms with Gasteiger partial charge >= 0.3 is 6.03 Å². The zero-order valence-corrected chi connectivity index (χ0v) is 18.2. The fourth-order valence-electron chi connectivity index (χ4n) is 3.00. The molecule has 0 saturated heterocycles. The van der Waals surface area contributed by atoms with Crippen molar-refractivity contribution in [3.05, 3.63) is 84.4 Å². The molecule has 0 fully saturated rings. The lowest BCUT2D eigenvalue weighted by Crippen LogP contribution is -2.41. The van der Waals surface area contributed by atoms with Gasteiger partial charge in [-0.15, -0.1) is 0 Å². The Hall–Kier alpha value is -3.36. The highest BCUT2D eigenvalue weighted by Crippen LogP contribution is 2.18. The summed E-state index contributed by atoms with van der Waals surface area (Å²) < 4.78 is 32.8. The molecule has 0 aliphatic heterocycles. The lowest BCUT2D eigenvalue weighted by Gasteiger charge is -2.23. The van der Waals surface area contributed by atoms with Crippen LogP contribution in [0.25, 0.3) is 0 Å². The lowest BCUT2D eigenvalue weighted by molar-refractivity contribution is 0.257. The minimum Gasteiger partial charge on any atom is -0.497 e. The quantitative estimate of drug-likeness (QED) is 0.555. The van der Waals surface area contributed by atoms with E-state index < -0.39 is 10.0 Å². The molecule has 0 aliphatic rings. The number of hydrogen-bond acceptors (Lipinski definition) is 4. The van der Waals surface area contributed by atoms with Crippen molar-refractivity contribution in [2.45, 2.75) is 11.8 Å². The van der Waals surface area contributed by atoms with Gasteiger partial charge in [-0.2, -0.15) is 0 Å². The first-order chi connectivity index (χ1) is 14.9. The standard InChI is InChI=1S/C23H25N3O4S/c1-18-7-6-8-19(17-18)25-23(27)26(20-9-4-3-5-10-20)16-15-24-31(28,29)22-13-11-21(30-2)12-14-22/h3-14,17,24H,15-16H2,1-2H3,(H,25,27). The molecule has 3 rings (SSSR count). The number of rotatable bonds is 8. The van der Waals surface area contributed by atoms with Crippen LogP contribution in [0.4, 0.5) is 16.2 Å². The highest BCUT2D eigenvalue weighted by atomic mass is 32.2. The molecule has 0 saturated carbocycles. The summed E-state index contributed by atoms with van der Waals surface area (Å²) in [5, 5.41) is 2.87. The number of anilines is 2. The predicted octanol–water partition coefficient (Wildman–Crippen LogP) is 4.02. The van der Waals surface area contributed by atoms with Gasteiger partial charge in [0.25, 0.3) is 0 Å². The van der Waals surface area contributed by atoms with Crippen LogP contribution < -0.4 is 19.7 Å². The summed E-state index contributed by atoms with van der Waals surface area (Å²) in [6.07, 6.45) is 0. The topological polar surface area (TPSA) is 87.7 Å². The summed E-state index contributed by atoms with van der Waals surface area (Å²) in [5.41, 5.74) is 2.36. The first-order valence-electron chi connectivity index (χ1n) is 9.73. The Labute approximate surface area is 182 Å². The number of carbonyl (C=O) groups is 1. The minimum absolute atomic E-state index is 0.0461. The van der Waals surface area contributed by atoms with Crippen LogP contribution >= 0.6 is 0 Å². The molecule has 2 amide bonds. The summed E-state index contributed by atoms with van der Waals surface area (Å²) in [7, 11) is -2.20. The van der Waals surface area contributed by atoms with E-state index in [0.717, 1.165) is 5.56 Å². The summed E-state index contributed by atoms with van der Waals surface area (Å²) in [6.45, 7) is 2.14. The van der Waals surface area contributed by atoms with Crippen LogP contribution in [0.2, 0.25) is 0 Å². The number of amides is 2. The van der Waals surface area contributed by atoms with Gasteiger partial charge in [-0.1, -0.05) is 30.3 Å². The van der Waals surface area contributed by atoms with Gasteiger partial charge in [-0.3, -0.25) is 4.90 Å². The predicted molar refractivity (Wildman–Crippen MR) is 122 cm³/mol.